The second kappa shape index (κ2) is 6.63. The summed E-state index contributed by atoms with van der Waals surface area (Å²) < 4.78 is 7.72. The van der Waals surface area contributed by atoms with Gasteiger partial charge in [0.25, 0.3) is 5.91 Å². The number of likely N-dealkylation sites (tertiary alicyclic amines) is 1. The molecule has 2 aliphatic rings. The molecule has 3 heterocycles. The highest BCUT2D eigenvalue weighted by atomic mass is 16.5. The van der Waals surface area contributed by atoms with Crippen LogP contribution < -0.4 is 4.74 Å². The molecule has 1 aliphatic heterocycles. The third-order valence-electron chi connectivity index (χ3n) is 4.78. The van der Waals surface area contributed by atoms with Crippen LogP contribution in [0.1, 0.15) is 42.1 Å². The first-order chi connectivity index (χ1) is 11.8. The number of aromatic nitrogens is 3. The summed E-state index contributed by atoms with van der Waals surface area (Å²) in [6.45, 7) is 2.25. The molecular weight excluding hydrogens is 304 g/mol. The van der Waals surface area contributed by atoms with E-state index < -0.39 is 0 Å². The fourth-order valence-electron chi connectivity index (χ4n) is 3.13. The third-order valence-corrected chi connectivity index (χ3v) is 4.78. The zero-order chi connectivity index (χ0) is 16.4. The van der Waals surface area contributed by atoms with Gasteiger partial charge in [-0.1, -0.05) is 0 Å². The van der Waals surface area contributed by atoms with Gasteiger partial charge in [0, 0.05) is 37.7 Å². The van der Waals surface area contributed by atoms with E-state index in [0.29, 0.717) is 23.4 Å². The number of hydrogen-bond donors (Lipinski definition) is 0. The summed E-state index contributed by atoms with van der Waals surface area (Å²) in [7, 11) is 0. The van der Waals surface area contributed by atoms with E-state index in [0.717, 1.165) is 32.5 Å². The summed E-state index contributed by atoms with van der Waals surface area (Å²) in [6, 6.07) is 3.92. The normalized spacial score (nSPS) is 20.8. The van der Waals surface area contributed by atoms with Crippen LogP contribution in [0.15, 0.2) is 37.1 Å². The molecule has 0 unspecified atom stereocenters. The average Bonchev–Trinajstić information content (AvgIpc) is 3.30. The molecule has 0 bridgehead atoms. The largest absolute Gasteiger partial charge is 0.477 e. The van der Waals surface area contributed by atoms with Crippen LogP contribution in [0, 0.1) is 5.92 Å². The number of hydrogen-bond acceptors (Lipinski definition) is 4. The van der Waals surface area contributed by atoms with Gasteiger partial charge in [0.2, 0.25) is 5.88 Å². The molecule has 24 heavy (non-hydrogen) atoms. The lowest BCUT2D eigenvalue weighted by atomic mass is 10.0. The number of ether oxygens (including phenoxy) is 1. The Morgan fingerprint density at radius 3 is 2.92 bits per heavy atom. The zero-order valence-corrected chi connectivity index (χ0v) is 13.7. The number of imidazole rings is 1. The van der Waals surface area contributed by atoms with Gasteiger partial charge in [-0.15, -0.1) is 0 Å². The van der Waals surface area contributed by atoms with E-state index in [1.165, 1.54) is 12.8 Å². The molecule has 0 radical (unpaired) electrons. The fourth-order valence-corrected chi connectivity index (χ4v) is 3.13. The predicted molar refractivity (Wildman–Crippen MR) is 88.9 cm³/mol. The molecule has 0 N–H and O–H groups in total. The van der Waals surface area contributed by atoms with Crippen molar-refractivity contribution in [1.82, 2.24) is 19.4 Å². The zero-order valence-electron chi connectivity index (χ0n) is 13.7. The smallest absolute Gasteiger partial charge is 0.255 e. The van der Waals surface area contributed by atoms with Gasteiger partial charge >= 0.3 is 0 Å². The Kier molecular flexibility index (Phi) is 4.19. The van der Waals surface area contributed by atoms with Crippen molar-refractivity contribution < 1.29 is 9.53 Å². The Bertz CT molecular complexity index is 680. The van der Waals surface area contributed by atoms with E-state index in [4.69, 9.17) is 4.74 Å². The lowest BCUT2D eigenvalue weighted by Crippen LogP contribution is -2.40. The van der Waals surface area contributed by atoms with Crippen molar-refractivity contribution in [3.63, 3.8) is 0 Å². The summed E-state index contributed by atoms with van der Waals surface area (Å²) in [5.41, 5.74) is 0.625. The van der Waals surface area contributed by atoms with Gasteiger partial charge < -0.3 is 14.2 Å². The topological polar surface area (TPSA) is 60.2 Å². The van der Waals surface area contributed by atoms with E-state index >= 15 is 0 Å². The lowest BCUT2D eigenvalue weighted by Gasteiger charge is -2.33. The van der Waals surface area contributed by atoms with Crippen molar-refractivity contribution in [2.24, 2.45) is 5.92 Å². The maximum Gasteiger partial charge on any atom is 0.255 e. The maximum absolute atomic E-state index is 12.7. The molecule has 126 valence electrons. The van der Waals surface area contributed by atoms with Crippen LogP contribution in [-0.2, 0) is 0 Å². The van der Waals surface area contributed by atoms with Crippen LogP contribution in [0.2, 0.25) is 0 Å². The van der Waals surface area contributed by atoms with E-state index in [1.54, 1.807) is 18.5 Å². The standard InChI is InChI=1S/C18H22N4O2/c23-18(15-5-6-17(20-10-15)24-12-14-3-4-14)21-8-1-2-16(11-21)22-9-7-19-13-22/h5-7,9-10,13-14,16H,1-4,8,11-12H2/t16-/m0/s1. The minimum Gasteiger partial charge on any atom is -0.477 e. The second-order valence-corrected chi connectivity index (χ2v) is 6.70. The highest BCUT2D eigenvalue weighted by Crippen LogP contribution is 2.29. The molecular formula is C18H22N4O2. The summed E-state index contributed by atoms with van der Waals surface area (Å²) >= 11 is 0. The van der Waals surface area contributed by atoms with Gasteiger partial charge in [-0.3, -0.25) is 4.79 Å². The van der Waals surface area contributed by atoms with Crippen molar-refractivity contribution >= 4 is 5.91 Å². The summed E-state index contributed by atoms with van der Waals surface area (Å²) in [4.78, 5) is 23.0. The van der Waals surface area contributed by atoms with Crippen LogP contribution in [0.3, 0.4) is 0 Å². The summed E-state index contributed by atoms with van der Waals surface area (Å²) in [5, 5.41) is 0. The molecule has 2 fully saturated rings. The predicted octanol–water partition coefficient (Wildman–Crippen LogP) is 2.54. The number of rotatable bonds is 5. The molecule has 2 aromatic rings. The number of piperidine rings is 1. The molecule has 1 saturated heterocycles. The molecule has 1 amide bonds. The van der Waals surface area contributed by atoms with E-state index in [2.05, 4.69) is 14.5 Å². The lowest BCUT2D eigenvalue weighted by molar-refractivity contribution is 0.0679. The number of pyridine rings is 1. The van der Waals surface area contributed by atoms with Gasteiger partial charge in [-0.2, -0.15) is 0 Å². The SMILES string of the molecule is O=C(c1ccc(OCC2CC2)nc1)N1CCC[C@H](n2ccnc2)C1. The van der Waals surface area contributed by atoms with Crippen LogP contribution >= 0.6 is 0 Å². The first-order valence-corrected chi connectivity index (χ1v) is 8.65. The van der Waals surface area contributed by atoms with Crippen LogP contribution in [0.25, 0.3) is 0 Å². The Labute approximate surface area is 141 Å². The first kappa shape index (κ1) is 15.2. The fraction of sp³-hybridized carbons (Fsp3) is 0.500. The van der Waals surface area contributed by atoms with Gasteiger partial charge in [-0.25, -0.2) is 9.97 Å². The van der Waals surface area contributed by atoms with Crippen molar-refractivity contribution in [1.29, 1.82) is 0 Å². The van der Waals surface area contributed by atoms with Gasteiger partial charge in [0.1, 0.15) is 0 Å². The molecule has 6 heteroatoms. The Morgan fingerprint density at radius 2 is 2.21 bits per heavy atom. The highest BCUT2D eigenvalue weighted by Gasteiger charge is 2.26. The minimum atomic E-state index is 0.0426. The van der Waals surface area contributed by atoms with Crippen LogP contribution in [0.5, 0.6) is 5.88 Å². The minimum absolute atomic E-state index is 0.0426. The number of carbonyl (C=O) groups is 1. The molecule has 4 rings (SSSR count). The van der Waals surface area contributed by atoms with Crippen LogP contribution in [0.4, 0.5) is 0 Å². The first-order valence-electron chi connectivity index (χ1n) is 8.65. The second-order valence-electron chi connectivity index (χ2n) is 6.70. The third kappa shape index (κ3) is 3.42. The highest BCUT2D eigenvalue weighted by molar-refractivity contribution is 5.94. The summed E-state index contributed by atoms with van der Waals surface area (Å²) in [6.07, 6.45) is 11.8. The number of nitrogens with zero attached hydrogens (tertiary/aromatic N) is 4. The maximum atomic E-state index is 12.7. The van der Waals surface area contributed by atoms with E-state index in [9.17, 15) is 4.79 Å². The Morgan fingerprint density at radius 1 is 1.29 bits per heavy atom. The Hall–Kier alpha value is -2.37. The van der Waals surface area contributed by atoms with Crippen molar-refractivity contribution in [2.45, 2.75) is 31.7 Å². The molecule has 1 atom stereocenters. The molecule has 6 nitrogen and oxygen atoms in total. The van der Waals surface area contributed by atoms with Crippen molar-refractivity contribution in [2.75, 3.05) is 19.7 Å². The van der Waals surface area contributed by atoms with Crippen molar-refractivity contribution in [3.05, 3.63) is 42.6 Å². The molecule has 2 aromatic heterocycles. The summed E-state index contributed by atoms with van der Waals surface area (Å²) in [5.74, 6) is 1.34. The molecule has 1 aliphatic carbocycles. The quantitative estimate of drug-likeness (QED) is 0.847. The monoisotopic (exact) mass is 326 g/mol. The molecule has 0 spiro atoms. The average molecular weight is 326 g/mol. The Balaban J connectivity index is 1.38. The van der Waals surface area contributed by atoms with Gasteiger partial charge in [-0.05, 0) is 37.7 Å². The van der Waals surface area contributed by atoms with E-state index in [1.807, 2.05) is 23.5 Å². The number of amides is 1. The molecule has 1 saturated carbocycles. The van der Waals surface area contributed by atoms with Gasteiger partial charge in [0.05, 0.1) is 24.5 Å². The van der Waals surface area contributed by atoms with Crippen molar-refractivity contribution in [3.8, 4) is 5.88 Å². The number of carbonyl (C=O) groups excluding carboxylic acids is 1. The van der Waals surface area contributed by atoms with Gasteiger partial charge in [0.15, 0.2) is 0 Å². The van der Waals surface area contributed by atoms with Crippen LogP contribution in [-0.4, -0.2) is 45.0 Å². The molecule has 0 aromatic carbocycles. The van der Waals surface area contributed by atoms with E-state index in [-0.39, 0.29) is 5.91 Å².